The van der Waals surface area contributed by atoms with Crippen LogP contribution in [0.25, 0.3) is 0 Å². The summed E-state index contributed by atoms with van der Waals surface area (Å²) >= 11 is 0. The van der Waals surface area contributed by atoms with Crippen LogP contribution < -0.4 is 0 Å². The fraction of sp³-hybridized carbons (Fsp3) is 0.864. The summed E-state index contributed by atoms with van der Waals surface area (Å²) in [6.45, 7) is -6.04. The van der Waals surface area contributed by atoms with Crippen LogP contribution in [0.15, 0.2) is 24.3 Å². The minimum absolute atomic E-state index is 0.218. The summed E-state index contributed by atoms with van der Waals surface area (Å²) in [5.41, 5.74) is 1.00. The molecular weight excluding hydrogens is 1020 g/mol. The highest BCUT2D eigenvalue weighted by atomic mass is 16.8. The Morgan fingerprint density at radius 1 is 0.253 bits per heavy atom. The number of hydrogen-bond acceptors (Lipinski definition) is 31. The van der Waals surface area contributed by atoms with Crippen molar-refractivity contribution in [3.8, 4) is 0 Å². The lowest BCUT2D eigenvalue weighted by Gasteiger charge is -2.50. The van der Waals surface area contributed by atoms with E-state index in [4.69, 9.17) is 61.6 Å². The molecule has 30 atom stereocenters. The van der Waals surface area contributed by atoms with Crippen molar-refractivity contribution in [3.63, 3.8) is 0 Å². The second-order valence-corrected chi connectivity index (χ2v) is 19.1. The van der Waals surface area contributed by atoms with Crippen molar-refractivity contribution < 1.29 is 153 Å². The molecule has 22 rings (SSSR count). The molecule has 31 nitrogen and oxygen atoms in total. The summed E-state index contributed by atoms with van der Waals surface area (Å²) in [6, 6.07) is 6.34. The van der Waals surface area contributed by atoms with E-state index in [2.05, 4.69) is 0 Å². The Kier molecular flexibility index (Phi) is 20.2. The topological polar surface area (TPSA) is 484 Å². The van der Waals surface area contributed by atoms with Gasteiger partial charge in [-0.15, -0.1) is 0 Å². The maximum Gasteiger partial charge on any atom is 0.187 e. The first-order valence-corrected chi connectivity index (χ1v) is 24.2. The molecule has 0 radical (unpaired) electrons. The highest BCUT2D eigenvalue weighted by Gasteiger charge is 2.58. The van der Waals surface area contributed by atoms with Crippen LogP contribution in [0.4, 0.5) is 0 Å². The van der Waals surface area contributed by atoms with Crippen molar-refractivity contribution in [2.24, 2.45) is 0 Å². The first-order chi connectivity index (χ1) is 35.9. The third kappa shape index (κ3) is 12.2. The van der Waals surface area contributed by atoms with Gasteiger partial charge < -0.3 is 153 Å². The molecule has 430 valence electrons. The number of benzene rings is 1. The molecule has 21 aliphatic heterocycles. The van der Waals surface area contributed by atoms with E-state index in [9.17, 15) is 91.9 Å². The number of aliphatic hydroxyl groups excluding tert-OH is 18. The van der Waals surface area contributed by atoms with Gasteiger partial charge in [-0.2, -0.15) is 0 Å². The lowest BCUT2D eigenvalue weighted by atomic mass is 9.95. The molecule has 0 unspecified atom stereocenters. The zero-order valence-electron chi connectivity index (χ0n) is 39.6. The van der Waals surface area contributed by atoms with E-state index < -0.39 is 224 Å². The van der Waals surface area contributed by atoms with Crippen molar-refractivity contribution >= 4 is 0 Å². The standard InChI is InChI=1S/C44H68O31/c45-5-15-33-21(51)28(58)40(66-15)72-35-17(7-47)68-42(30(60)23(35)53)74-37-19(9-49)70-44(32(62)25(37)55)75-38-20(10-50)69-43(31(61)26(38)56)73-36-18(8-48)67-41(29(59)24(36)54)71-34-16(6-46)65-39(27(57)22(34)52)64-12-14-3-1-13(2-4-14)11-63-33/h1-4,15-62H,5-12H2/t15-,16-,17-,18-,19-,20-,21-,22-,23-,24-,25-,26-,27-,28-,29-,30-,31-,32-,33-,34-,35-,36-,37-,38-,39+,40-,41-,42-,43-,44-/m1/s1. The fourth-order valence-corrected chi connectivity index (χ4v) is 9.94. The van der Waals surface area contributed by atoms with Gasteiger partial charge in [-0.1, -0.05) is 24.3 Å². The zero-order chi connectivity index (χ0) is 54.2. The molecule has 21 aliphatic rings. The summed E-state index contributed by atoms with van der Waals surface area (Å²) in [6.07, 6.45) is -55.5. The summed E-state index contributed by atoms with van der Waals surface area (Å²) in [5.74, 6) is 0. The molecule has 1 aromatic carbocycles. The molecule has 0 amide bonds. The molecule has 18 N–H and O–H groups in total. The highest BCUT2D eigenvalue weighted by molar-refractivity contribution is 5.21. The van der Waals surface area contributed by atoms with Gasteiger partial charge in [0, 0.05) is 0 Å². The maximum absolute atomic E-state index is 11.3. The van der Waals surface area contributed by atoms with Crippen molar-refractivity contribution in [3.05, 3.63) is 35.4 Å². The first-order valence-electron chi connectivity index (χ1n) is 24.2. The second-order valence-electron chi connectivity index (χ2n) is 19.1. The van der Waals surface area contributed by atoms with Crippen molar-refractivity contribution in [1.82, 2.24) is 0 Å². The predicted molar refractivity (Wildman–Crippen MR) is 231 cm³/mol. The molecule has 6 saturated heterocycles. The predicted octanol–water partition coefficient (Wildman–Crippen LogP) is -11.3. The summed E-state index contributed by atoms with van der Waals surface area (Å²) in [5, 5.41) is 197. The third-order valence-electron chi connectivity index (χ3n) is 14.3. The molecule has 14 bridgehead atoms. The number of ether oxygens (including phenoxy) is 13. The van der Waals surface area contributed by atoms with Gasteiger partial charge in [0.15, 0.2) is 37.7 Å². The average molecular weight is 1090 g/mol. The lowest BCUT2D eigenvalue weighted by molar-refractivity contribution is -0.396. The smallest absolute Gasteiger partial charge is 0.187 e. The molecule has 1 aromatic rings. The molecule has 75 heavy (non-hydrogen) atoms. The van der Waals surface area contributed by atoms with Gasteiger partial charge in [0.1, 0.15) is 146 Å². The van der Waals surface area contributed by atoms with Crippen molar-refractivity contribution in [2.45, 2.75) is 197 Å². The van der Waals surface area contributed by atoms with Gasteiger partial charge in [0.25, 0.3) is 0 Å². The van der Waals surface area contributed by atoms with Gasteiger partial charge in [-0.3, -0.25) is 0 Å². The number of hydrogen-bond donors (Lipinski definition) is 18. The van der Waals surface area contributed by atoms with Crippen LogP contribution in [0.3, 0.4) is 0 Å². The van der Waals surface area contributed by atoms with E-state index in [1.165, 1.54) is 0 Å². The largest absolute Gasteiger partial charge is 0.394 e. The molecular formula is C44H68O31. The Balaban J connectivity index is 1.04. The zero-order valence-corrected chi connectivity index (χ0v) is 39.6. The van der Waals surface area contributed by atoms with E-state index in [0.717, 1.165) is 0 Å². The Bertz CT molecular complexity index is 1900. The maximum atomic E-state index is 11.3. The molecule has 21 heterocycles. The van der Waals surface area contributed by atoms with Crippen LogP contribution in [0.2, 0.25) is 0 Å². The first kappa shape index (κ1) is 59.1. The van der Waals surface area contributed by atoms with Crippen LogP contribution in [0, 0.1) is 0 Å². The highest BCUT2D eigenvalue weighted by Crippen LogP contribution is 2.37. The Morgan fingerprint density at radius 2 is 0.453 bits per heavy atom. The van der Waals surface area contributed by atoms with Crippen LogP contribution >= 0.6 is 0 Å². The number of aliphatic hydroxyl groups is 18. The SMILES string of the molecule is OC[C@H]1O[C@@H]2O[C@H]3[C@H](O)[C@@H](O)[C@@H](O[C@H]4[C@H](O)[C@@H](O)[C@@H](O[C@H]5[C@H](O)[C@@H](O)[C@@H](O[C@H]6[C@H](O)[C@@H](O)[C@@H](O[C@H]7[C@H](O)[C@@H](O)[C@@H](OCc8ccc(cc8)CO[C@H]1[C@H](O)[C@H]2O)O[C@@H]7CO)O[C@@H]6CO)O[C@@H]5CO)O[C@@H]4CO)O[C@@H]3CO. The normalized spacial score (nSPS) is 50.6. The Morgan fingerprint density at radius 3 is 0.707 bits per heavy atom. The average Bonchev–Trinajstić information content (AvgIpc) is 3.41. The van der Waals surface area contributed by atoms with E-state index >= 15 is 0 Å². The van der Waals surface area contributed by atoms with Crippen LogP contribution in [0.1, 0.15) is 11.1 Å². The Labute approximate surface area is 425 Å². The van der Waals surface area contributed by atoms with Crippen LogP contribution in [-0.2, 0) is 74.8 Å². The minimum Gasteiger partial charge on any atom is -0.394 e. The summed E-state index contributed by atoms with van der Waals surface area (Å²) in [7, 11) is 0. The Hall–Kier alpha value is -2.02. The number of rotatable bonds is 6. The molecule has 6 fully saturated rings. The van der Waals surface area contributed by atoms with Crippen LogP contribution in [-0.4, -0.2) is 316 Å². The third-order valence-corrected chi connectivity index (χ3v) is 14.3. The van der Waals surface area contributed by atoms with E-state index in [0.29, 0.717) is 11.1 Å². The fourth-order valence-electron chi connectivity index (χ4n) is 9.94. The molecule has 0 aliphatic carbocycles. The quantitative estimate of drug-likeness (QED) is 0.126. The van der Waals surface area contributed by atoms with Crippen LogP contribution in [0.5, 0.6) is 0 Å². The van der Waals surface area contributed by atoms with Crippen molar-refractivity contribution in [1.29, 1.82) is 0 Å². The molecule has 31 heteroatoms. The van der Waals surface area contributed by atoms with E-state index in [1.807, 2.05) is 0 Å². The van der Waals surface area contributed by atoms with Gasteiger partial charge in [0.05, 0.1) is 52.9 Å². The van der Waals surface area contributed by atoms with Gasteiger partial charge in [-0.05, 0) is 11.1 Å². The summed E-state index contributed by atoms with van der Waals surface area (Å²) < 4.78 is 74.5. The van der Waals surface area contributed by atoms with Gasteiger partial charge in [-0.25, -0.2) is 0 Å². The van der Waals surface area contributed by atoms with E-state index in [1.54, 1.807) is 24.3 Å². The van der Waals surface area contributed by atoms with E-state index in [-0.39, 0.29) is 13.2 Å². The summed E-state index contributed by atoms with van der Waals surface area (Å²) in [4.78, 5) is 0. The molecule has 0 spiro atoms. The molecule has 0 saturated carbocycles. The minimum atomic E-state index is -2.17. The second kappa shape index (κ2) is 25.6. The van der Waals surface area contributed by atoms with Gasteiger partial charge in [0.2, 0.25) is 0 Å². The molecule has 0 aromatic heterocycles. The van der Waals surface area contributed by atoms with Crippen molar-refractivity contribution in [2.75, 3.05) is 39.6 Å². The lowest BCUT2D eigenvalue weighted by Crippen LogP contribution is -2.68. The van der Waals surface area contributed by atoms with Gasteiger partial charge >= 0.3 is 0 Å². The monoisotopic (exact) mass is 1090 g/mol.